The van der Waals surface area contributed by atoms with Gasteiger partial charge in [-0.15, -0.1) is 0 Å². The first-order valence-corrected chi connectivity index (χ1v) is 7.08. The molecule has 0 aliphatic carbocycles. The van der Waals surface area contributed by atoms with E-state index < -0.39 is 0 Å². The Morgan fingerprint density at radius 1 is 1.00 bits per heavy atom. The van der Waals surface area contributed by atoms with E-state index in [1.807, 2.05) is 12.3 Å². The molecule has 0 radical (unpaired) electrons. The van der Waals surface area contributed by atoms with Gasteiger partial charge in [-0.3, -0.25) is 9.98 Å². The molecule has 0 bridgehead atoms. The lowest BCUT2D eigenvalue weighted by Gasteiger charge is -2.03. The van der Waals surface area contributed by atoms with Crippen molar-refractivity contribution in [2.75, 3.05) is 0 Å². The van der Waals surface area contributed by atoms with Crippen molar-refractivity contribution in [3.8, 4) is 0 Å². The van der Waals surface area contributed by atoms with Crippen LogP contribution >= 0.6 is 0 Å². The number of nitrogens with zero attached hydrogens (tertiary/aromatic N) is 3. The quantitative estimate of drug-likeness (QED) is 0.388. The fourth-order valence-corrected chi connectivity index (χ4v) is 2.56. The zero-order valence-corrected chi connectivity index (χ0v) is 12.4. The predicted octanol–water partition coefficient (Wildman–Crippen LogP) is 4.26. The molecule has 0 spiro atoms. The number of rotatable bonds is 3. The molecule has 0 saturated carbocycles. The van der Waals surface area contributed by atoms with Crippen LogP contribution in [0.1, 0.15) is 13.3 Å². The van der Waals surface area contributed by atoms with Gasteiger partial charge in [-0.05, 0) is 43.5 Å². The number of hydrogen-bond donors (Lipinski definition) is 0. The Bertz CT molecular complexity index is 863. The van der Waals surface area contributed by atoms with E-state index in [1.54, 1.807) is 0 Å². The van der Waals surface area contributed by atoms with Gasteiger partial charge in [-0.25, -0.2) is 0 Å². The van der Waals surface area contributed by atoms with Gasteiger partial charge < -0.3 is 0 Å². The smallest absolute Gasteiger partial charge is 0.214 e. The molecule has 3 rings (SSSR count). The fraction of sp³-hybridized carbons (Fsp3) is 0.167. The summed E-state index contributed by atoms with van der Waals surface area (Å²) < 4.78 is 2.18. The Kier molecular flexibility index (Phi) is 3.48. The molecule has 0 aliphatic heterocycles. The second kappa shape index (κ2) is 5.44. The molecule has 0 amide bonds. The van der Waals surface area contributed by atoms with Gasteiger partial charge in [0.25, 0.3) is 0 Å². The van der Waals surface area contributed by atoms with Gasteiger partial charge in [-0.2, -0.15) is 4.57 Å². The summed E-state index contributed by atoms with van der Waals surface area (Å²) in [4.78, 5) is 8.48. The third kappa shape index (κ3) is 2.42. The minimum Gasteiger partial charge on any atom is -0.264 e. The normalized spacial score (nSPS) is 11.5. The van der Waals surface area contributed by atoms with Crippen molar-refractivity contribution in [3.63, 3.8) is 0 Å². The van der Waals surface area contributed by atoms with Crippen molar-refractivity contribution in [2.24, 2.45) is 17.0 Å². The second-order valence-corrected chi connectivity index (χ2v) is 5.07. The molecule has 0 unspecified atom stereocenters. The van der Waals surface area contributed by atoms with Crippen molar-refractivity contribution >= 4 is 46.1 Å². The summed E-state index contributed by atoms with van der Waals surface area (Å²) in [6, 6.07) is 14.6. The maximum absolute atomic E-state index is 4.46. The van der Waals surface area contributed by atoms with Gasteiger partial charge in [0, 0.05) is 29.1 Å². The number of aromatic nitrogens is 1. The molecule has 0 aliphatic rings. The van der Waals surface area contributed by atoms with Crippen molar-refractivity contribution in [3.05, 3.63) is 42.5 Å². The lowest BCUT2D eigenvalue weighted by molar-refractivity contribution is -0.617. The summed E-state index contributed by atoms with van der Waals surface area (Å²) in [6.45, 7) is 5.68. The first-order valence-electron chi connectivity index (χ1n) is 7.08. The number of benzene rings is 2. The summed E-state index contributed by atoms with van der Waals surface area (Å²) in [6.07, 6.45) is 2.87. The summed E-state index contributed by atoms with van der Waals surface area (Å²) >= 11 is 0. The molecule has 104 valence electrons. The predicted molar refractivity (Wildman–Crippen MR) is 90.3 cm³/mol. The van der Waals surface area contributed by atoms with E-state index in [4.69, 9.17) is 0 Å². The van der Waals surface area contributed by atoms with Gasteiger partial charge in [0.15, 0.2) is 0 Å². The highest BCUT2D eigenvalue weighted by Gasteiger charge is 2.12. The highest BCUT2D eigenvalue weighted by atomic mass is 14.9. The molecule has 3 aromatic rings. The van der Waals surface area contributed by atoms with Gasteiger partial charge in [0.05, 0.1) is 11.4 Å². The summed E-state index contributed by atoms with van der Waals surface area (Å²) in [5.74, 6) is 0. The number of fused-ring (bicyclic) bond motifs is 2. The van der Waals surface area contributed by atoms with Crippen LogP contribution in [0.4, 0.5) is 11.4 Å². The first kappa shape index (κ1) is 13.4. The molecule has 0 fully saturated rings. The molecule has 0 saturated heterocycles. The number of pyridine rings is 1. The van der Waals surface area contributed by atoms with Crippen LogP contribution in [0.25, 0.3) is 21.8 Å². The molecule has 0 atom stereocenters. The van der Waals surface area contributed by atoms with Crippen molar-refractivity contribution in [2.45, 2.75) is 13.3 Å². The number of aryl methyl sites for hydroxylation is 1. The van der Waals surface area contributed by atoms with Crippen LogP contribution in [0.15, 0.2) is 52.4 Å². The van der Waals surface area contributed by atoms with E-state index in [9.17, 15) is 0 Å². The van der Waals surface area contributed by atoms with Gasteiger partial charge >= 0.3 is 0 Å². The Labute approximate surface area is 124 Å². The van der Waals surface area contributed by atoms with Crippen LogP contribution in [-0.4, -0.2) is 12.9 Å². The molecular formula is C18H18N3+. The first-order chi connectivity index (χ1) is 10.2. The van der Waals surface area contributed by atoms with Crippen LogP contribution in [0, 0.1) is 0 Å². The molecule has 1 heterocycles. The van der Waals surface area contributed by atoms with Crippen LogP contribution in [0.5, 0.6) is 0 Å². The average Bonchev–Trinajstić information content (AvgIpc) is 2.53. The maximum Gasteiger partial charge on any atom is 0.214 e. The molecule has 2 aromatic carbocycles. The third-order valence-corrected chi connectivity index (χ3v) is 3.67. The molecule has 3 nitrogen and oxygen atoms in total. The Balaban J connectivity index is 2.30. The SMILES string of the molecule is C=Nc1ccc2cc3ccc(N=CCC)cc3[n+](C)c2c1. The highest BCUT2D eigenvalue weighted by Crippen LogP contribution is 2.24. The van der Waals surface area contributed by atoms with Crippen molar-refractivity contribution in [1.82, 2.24) is 0 Å². The molecule has 0 N–H and O–H groups in total. The number of aliphatic imine (C=N–C) groups is 2. The molecule has 3 heteroatoms. The lowest BCUT2D eigenvalue weighted by atomic mass is 10.1. The van der Waals surface area contributed by atoms with Crippen LogP contribution in [0.3, 0.4) is 0 Å². The van der Waals surface area contributed by atoms with E-state index in [-0.39, 0.29) is 0 Å². The maximum atomic E-state index is 4.46. The summed E-state index contributed by atoms with van der Waals surface area (Å²) in [5, 5.41) is 2.40. The van der Waals surface area contributed by atoms with E-state index in [2.05, 4.69) is 71.6 Å². The van der Waals surface area contributed by atoms with E-state index in [0.29, 0.717) is 0 Å². The molecule has 21 heavy (non-hydrogen) atoms. The topological polar surface area (TPSA) is 28.6 Å². The minimum atomic E-state index is 0.887. The van der Waals surface area contributed by atoms with Crippen LogP contribution < -0.4 is 4.57 Å². The minimum absolute atomic E-state index is 0.887. The zero-order chi connectivity index (χ0) is 14.8. The fourth-order valence-electron chi connectivity index (χ4n) is 2.56. The van der Waals surface area contributed by atoms with E-state index >= 15 is 0 Å². The van der Waals surface area contributed by atoms with Crippen LogP contribution in [-0.2, 0) is 7.05 Å². The Hall–Kier alpha value is -2.55. The van der Waals surface area contributed by atoms with Crippen molar-refractivity contribution in [1.29, 1.82) is 0 Å². The Morgan fingerprint density at radius 2 is 1.62 bits per heavy atom. The summed E-state index contributed by atoms with van der Waals surface area (Å²) in [5.41, 5.74) is 4.17. The standard InChI is InChI=1S/C18H18N3/c1-4-9-20-16-8-6-14-10-13-5-7-15(19-2)11-17(13)21(3)18(14)12-16/h5-12H,2,4H2,1,3H3/q+1. The molecule has 1 aromatic heterocycles. The van der Waals surface area contributed by atoms with Gasteiger partial charge in [0.1, 0.15) is 7.05 Å². The van der Waals surface area contributed by atoms with Crippen molar-refractivity contribution < 1.29 is 4.57 Å². The lowest BCUT2D eigenvalue weighted by Crippen LogP contribution is -2.29. The molecular weight excluding hydrogens is 258 g/mol. The monoisotopic (exact) mass is 276 g/mol. The van der Waals surface area contributed by atoms with Crippen LogP contribution in [0.2, 0.25) is 0 Å². The van der Waals surface area contributed by atoms with Gasteiger partial charge in [0.2, 0.25) is 11.0 Å². The third-order valence-electron chi connectivity index (χ3n) is 3.67. The zero-order valence-electron chi connectivity index (χ0n) is 12.4. The summed E-state index contributed by atoms with van der Waals surface area (Å²) in [7, 11) is 2.07. The van der Waals surface area contributed by atoms with E-state index in [1.165, 1.54) is 10.8 Å². The number of hydrogen-bond acceptors (Lipinski definition) is 2. The Morgan fingerprint density at radius 3 is 2.24 bits per heavy atom. The van der Waals surface area contributed by atoms with E-state index in [0.717, 1.165) is 28.8 Å². The highest BCUT2D eigenvalue weighted by molar-refractivity contribution is 5.91. The average molecular weight is 276 g/mol. The largest absolute Gasteiger partial charge is 0.264 e. The van der Waals surface area contributed by atoms with Gasteiger partial charge in [-0.1, -0.05) is 6.92 Å². The second-order valence-electron chi connectivity index (χ2n) is 5.07.